The molecule has 0 aliphatic carbocycles. The molecule has 0 unspecified atom stereocenters. The molecule has 0 saturated heterocycles. The predicted octanol–water partition coefficient (Wildman–Crippen LogP) is 2.27. The molecule has 11 heavy (non-hydrogen) atoms. The summed E-state index contributed by atoms with van der Waals surface area (Å²) in [4.78, 5) is 0. The monoisotopic (exact) mass is 147 g/mol. The van der Waals surface area contributed by atoms with E-state index in [-0.39, 0.29) is 0 Å². The van der Waals surface area contributed by atoms with E-state index in [4.69, 9.17) is 0 Å². The number of nitrogens with one attached hydrogen (secondary N) is 1. The Bertz CT molecular complexity index is 289. The molecule has 1 aromatic carbocycles. The van der Waals surface area contributed by atoms with E-state index >= 15 is 0 Å². The maximum absolute atomic E-state index is 3.38. The van der Waals surface area contributed by atoms with Crippen molar-refractivity contribution in [3.8, 4) is 0 Å². The van der Waals surface area contributed by atoms with Crippen LogP contribution in [0.1, 0.15) is 16.7 Å². The molecule has 0 aromatic heterocycles. The fraction of sp³-hybridized carbons (Fsp3) is 0.400. The quantitative estimate of drug-likeness (QED) is 0.593. The Kier molecular flexibility index (Phi) is 1.38. The molecule has 1 aliphatic rings. The van der Waals surface area contributed by atoms with Crippen LogP contribution in [0, 0.1) is 13.8 Å². The van der Waals surface area contributed by atoms with Gasteiger partial charge in [0.15, 0.2) is 0 Å². The van der Waals surface area contributed by atoms with Crippen molar-refractivity contribution in [1.29, 1.82) is 0 Å². The zero-order valence-electron chi connectivity index (χ0n) is 7.07. The Labute approximate surface area is 67.4 Å². The van der Waals surface area contributed by atoms with Crippen LogP contribution in [0.5, 0.6) is 0 Å². The van der Waals surface area contributed by atoms with Gasteiger partial charge in [0.2, 0.25) is 0 Å². The molecule has 1 aromatic rings. The van der Waals surface area contributed by atoms with Crippen LogP contribution in [-0.4, -0.2) is 6.54 Å². The summed E-state index contributed by atoms with van der Waals surface area (Å²) in [5, 5.41) is 3.38. The second-order valence-electron chi connectivity index (χ2n) is 3.28. The average Bonchev–Trinajstić information content (AvgIpc) is 2.34. The molecule has 0 amide bonds. The molecule has 0 spiro atoms. The molecule has 2 rings (SSSR count). The van der Waals surface area contributed by atoms with Crippen molar-refractivity contribution >= 4 is 5.69 Å². The lowest BCUT2D eigenvalue weighted by molar-refractivity contribution is 1.09. The largest absolute Gasteiger partial charge is 0.384 e. The highest BCUT2D eigenvalue weighted by Crippen LogP contribution is 2.26. The van der Waals surface area contributed by atoms with Crippen molar-refractivity contribution in [3.05, 3.63) is 28.8 Å². The van der Waals surface area contributed by atoms with E-state index in [1.165, 1.54) is 28.8 Å². The second-order valence-corrected chi connectivity index (χ2v) is 3.28. The Hall–Kier alpha value is -0.980. The van der Waals surface area contributed by atoms with Crippen molar-refractivity contribution in [2.24, 2.45) is 0 Å². The predicted molar refractivity (Wildman–Crippen MR) is 48.1 cm³/mol. The first-order valence-corrected chi connectivity index (χ1v) is 4.11. The lowest BCUT2D eigenvalue weighted by atomic mass is 10.0. The summed E-state index contributed by atoms with van der Waals surface area (Å²) in [6.45, 7) is 5.45. The highest BCUT2D eigenvalue weighted by atomic mass is 14.9. The molecule has 0 bridgehead atoms. The van der Waals surface area contributed by atoms with E-state index in [2.05, 4.69) is 31.3 Å². The molecule has 1 aliphatic heterocycles. The summed E-state index contributed by atoms with van der Waals surface area (Å²) < 4.78 is 0. The molecule has 0 radical (unpaired) electrons. The van der Waals surface area contributed by atoms with Crippen LogP contribution >= 0.6 is 0 Å². The van der Waals surface area contributed by atoms with E-state index in [1.807, 2.05) is 0 Å². The lowest BCUT2D eigenvalue weighted by Crippen LogP contribution is -1.90. The van der Waals surface area contributed by atoms with Crippen LogP contribution in [0.3, 0.4) is 0 Å². The first-order chi connectivity index (χ1) is 5.27. The lowest BCUT2D eigenvalue weighted by Gasteiger charge is -2.04. The van der Waals surface area contributed by atoms with Gasteiger partial charge in [0.25, 0.3) is 0 Å². The third kappa shape index (κ3) is 1.01. The molecule has 1 N–H and O–H groups in total. The van der Waals surface area contributed by atoms with E-state index in [0.29, 0.717) is 0 Å². The van der Waals surface area contributed by atoms with Crippen molar-refractivity contribution in [2.45, 2.75) is 20.3 Å². The van der Waals surface area contributed by atoms with Crippen molar-refractivity contribution in [1.82, 2.24) is 0 Å². The molecule has 58 valence electrons. The normalized spacial score (nSPS) is 14.4. The Morgan fingerprint density at radius 1 is 1.27 bits per heavy atom. The van der Waals surface area contributed by atoms with Gasteiger partial charge in [0.05, 0.1) is 0 Å². The summed E-state index contributed by atoms with van der Waals surface area (Å²) in [5.41, 5.74) is 5.65. The van der Waals surface area contributed by atoms with Crippen LogP contribution in [-0.2, 0) is 6.42 Å². The Morgan fingerprint density at radius 2 is 2.09 bits per heavy atom. The summed E-state index contributed by atoms with van der Waals surface area (Å²) in [7, 11) is 0. The van der Waals surface area contributed by atoms with Gasteiger partial charge in [-0.15, -0.1) is 0 Å². The second kappa shape index (κ2) is 2.26. The van der Waals surface area contributed by atoms with Gasteiger partial charge in [0, 0.05) is 12.2 Å². The van der Waals surface area contributed by atoms with Gasteiger partial charge < -0.3 is 5.32 Å². The zero-order chi connectivity index (χ0) is 7.84. The van der Waals surface area contributed by atoms with Crippen LogP contribution in [0.4, 0.5) is 5.69 Å². The smallest absolute Gasteiger partial charge is 0.0378 e. The number of anilines is 1. The summed E-state index contributed by atoms with van der Waals surface area (Å²) >= 11 is 0. The SMILES string of the molecule is Cc1cc(C)c2c(c1)NCC2. The number of hydrogen-bond acceptors (Lipinski definition) is 1. The first-order valence-electron chi connectivity index (χ1n) is 4.11. The number of rotatable bonds is 0. The van der Waals surface area contributed by atoms with Crippen LogP contribution in [0.25, 0.3) is 0 Å². The molecular weight excluding hydrogens is 134 g/mol. The highest BCUT2D eigenvalue weighted by molar-refractivity contribution is 5.59. The van der Waals surface area contributed by atoms with Gasteiger partial charge >= 0.3 is 0 Å². The highest BCUT2D eigenvalue weighted by Gasteiger charge is 2.11. The van der Waals surface area contributed by atoms with Crippen molar-refractivity contribution in [3.63, 3.8) is 0 Å². The molecule has 0 fully saturated rings. The van der Waals surface area contributed by atoms with Gasteiger partial charge in [-0.1, -0.05) is 6.07 Å². The van der Waals surface area contributed by atoms with Gasteiger partial charge in [-0.2, -0.15) is 0 Å². The summed E-state index contributed by atoms with van der Waals surface area (Å²) in [5.74, 6) is 0. The summed E-state index contributed by atoms with van der Waals surface area (Å²) in [6, 6.07) is 4.49. The van der Waals surface area contributed by atoms with E-state index in [1.54, 1.807) is 0 Å². The van der Waals surface area contributed by atoms with E-state index in [9.17, 15) is 0 Å². The molecule has 0 saturated carbocycles. The zero-order valence-corrected chi connectivity index (χ0v) is 7.07. The van der Waals surface area contributed by atoms with E-state index < -0.39 is 0 Å². The van der Waals surface area contributed by atoms with Crippen molar-refractivity contribution in [2.75, 3.05) is 11.9 Å². The molecule has 1 heteroatoms. The summed E-state index contributed by atoms with van der Waals surface area (Å²) in [6.07, 6.45) is 1.20. The number of aryl methyl sites for hydroxylation is 2. The number of hydrogen-bond donors (Lipinski definition) is 1. The van der Waals surface area contributed by atoms with E-state index in [0.717, 1.165) is 6.54 Å². The molecular formula is C10H13N. The van der Waals surface area contributed by atoms with Crippen LogP contribution in [0.2, 0.25) is 0 Å². The Morgan fingerprint density at radius 3 is 2.91 bits per heavy atom. The van der Waals surface area contributed by atoms with Gasteiger partial charge in [-0.25, -0.2) is 0 Å². The fourth-order valence-corrected chi connectivity index (χ4v) is 1.81. The van der Waals surface area contributed by atoms with Crippen LogP contribution in [0.15, 0.2) is 12.1 Å². The minimum absolute atomic E-state index is 1.11. The fourth-order valence-electron chi connectivity index (χ4n) is 1.81. The third-order valence-electron chi connectivity index (χ3n) is 2.31. The molecule has 0 atom stereocenters. The van der Waals surface area contributed by atoms with Gasteiger partial charge in [-0.05, 0) is 43.0 Å². The minimum atomic E-state index is 1.11. The standard InChI is InChI=1S/C10H13N/c1-7-5-8(2)9-3-4-11-10(9)6-7/h5-6,11H,3-4H2,1-2H3. The molecule has 1 heterocycles. The van der Waals surface area contributed by atoms with Crippen LogP contribution < -0.4 is 5.32 Å². The third-order valence-corrected chi connectivity index (χ3v) is 2.31. The maximum Gasteiger partial charge on any atom is 0.0378 e. The molecule has 1 nitrogen and oxygen atoms in total. The number of benzene rings is 1. The van der Waals surface area contributed by atoms with Gasteiger partial charge in [-0.3, -0.25) is 0 Å². The first kappa shape index (κ1) is 6.71. The minimum Gasteiger partial charge on any atom is -0.384 e. The Balaban J connectivity index is 2.60. The average molecular weight is 147 g/mol. The number of fused-ring (bicyclic) bond motifs is 1. The topological polar surface area (TPSA) is 12.0 Å². The maximum atomic E-state index is 3.38. The van der Waals surface area contributed by atoms with Gasteiger partial charge in [0.1, 0.15) is 0 Å². The van der Waals surface area contributed by atoms with Crippen molar-refractivity contribution < 1.29 is 0 Å².